The van der Waals surface area contributed by atoms with Crippen molar-refractivity contribution in [1.82, 2.24) is 0 Å². The molecule has 0 amide bonds. The molecule has 1 N–H and O–H groups in total. The second-order valence-electron chi connectivity index (χ2n) is 7.42. The number of hydrogen-bond donors (Lipinski definition) is 1. The molecule has 0 rings (SSSR count). The van der Waals surface area contributed by atoms with Crippen LogP contribution in [0.1, 0.15) is 19.8 Å². The summed E-state index contributed by atoms with van der Waals surface area (Å²) in [5.41, 5.74) is 0. The molecule has 1 unspecified atom stereocenters. The molecule has 1 atom stereocenters. The largest absolute Gasteiger partial charge is 0.481 e. The SMILES string of the molecule is CCC(CC(=O)O)C(F)(F)C(F)(F)C(F)(F)C(F)(F)C(F)(F)C(F)(F)C(F)(F)C(F)(F)C(F)(F)C(F)(F)F. The van der Waals surface area contributed by atoms with E-state index in [1.165, 1.54) is 0 Å². The van der Waals surface area contributed by atoms with Gasteiger partial charge in [-0.15, -0.1) is 0 Å². The van der Waals surface area contributed by atoms with E-state index in [1.807, 2.05) is 0 Å². The van der Waals surface area contributed by atoms with E-state index in [2.05, 4.69) is 0 Å². The van der Waals surface area contributed by atoms with Gasteiger partial charge in [-0.3, -0.25) is 4.79 Å². The van der Waals surface area contributed by atoms with E-state index in [-0.39, 0.29) is 0 Å². The summed E-state index contributed by atoms with van der Waals surface area (Å²) >= 11 is 0. The summed E-state index contributed by atoms with van der Waals surface area (Å²) in [4.78, 5) is 10.4. The number of carbonyl (C=O) groups is 1. The first kappa shape index (κ1) is 36.0. The van der Waals surface area contributed by atoms with Gasteiger partial charge in [-0.2, -0.15) is 92.2 Å². The van der Waals surface area contributed by atoms with Crippen LogP contribution in [0.15, 0.2) is 0 Å². The number of aliphatic carboxylic acids is 1. The van der Waals surface area contributed by atoms with Gasteiger partial charge in [0.25, 0.3) is 0 Å². The quantitative estimate of drug-likeness (QED) is 0.227. The van der Waals surface area contributed by atoms with Crippen molar-refractivity contribution in [3.05, 3.63) is 0 Å². The zero-order valence-corrected chi connectivity index (χ0v) is 17.3. The predicted octanol–water partition coefficient (Wildman–Crippen LogP) is 7.77. The van der Waals surface area contributed by atoms with Crippen molar-refractivity contribution >= 4 is 5.97 Å². The highest BCUT2D eigenvalue weighted by Gasteiger charge is 2.98. The molecule has 0 aromatic heterocycles. The highest BCUT2D eigenvalue weighted by molar-refractivity contribution is 5.67. The lowest BCUT2D eigenvalue weighted by Gasteiger charge is -2.45. The van der Waals surface area contributed by atoms with Crippen molar-refractivity contribution in [2.24, 2.45) is 5.92 Å². The number of carboxylic acids is 1. The molecule has 0 aromatic rings. The Balaban J connectivity index is 7.14. The summed E-state index contributed by atoms with van der Waals surface area (Å²) in [5.74, 6) is -84.1. The van der Waals surface area contributed by atoms with Crippen LogP contribution in [0.2, 0.25) is 0 Å². The monoisotopic (exact) mass is 620 g/mol. The lowest BCUT2D eigenvalue weighted by Crippen LogP contribution is -2.77. The van der Waals surface area contributed by atoms with Crippen LogP contribution >= 0.6 is 0 Å². The van der Waals surface area contributed by atoms with Gasteiger partial charge in [0.2, 0.25) is 0 Å². The molecular weight excluding hydrogens is 611 g/mol. The molecule has 228 valence electrons. The molecule has 38 heavy (non-hydrogen) atoms. The Kier molecular flexibility index (Phi) is 8.80. The highest BCUT2D eigenvalue weighted by atomic mass is 19.4. The molecule has 0 bridgehead atoms. The van der Waals surface area contributed by atoms with E-state index < -0.39 is 84.2 Å². The van der Waals surface area contributed by atoms with Gasteiger partial charge in [-0.25, -0.2) is 0 Å². The van der Waals surface area contributed by atoms with Crippen molar-refractivity contribution in [2.45, 2.75) is 79.2 Å². The number of halogens is 21. The maximum Gasteiger partial charge on any atom is 0.460 e. The lowest BCUT2D eigenvalue weighted by molar-refractivity contribution is -0.475. The average Bonchev–Trinajstić information content (AvgIpc) is 2.69. The fraction of sp³-hybridized carbons (Fsp3) is 0.933. The second-order valence-corrected chi connectivity index (χ2v) is 7.42. The van der Waals surface area contributed by atoms with E-state index in [4.69, 9.17) is 5.11 Å². The van der Waals surface area contributed by atoms with Crippen molar-refractivity contribution in [1.29, 1.82) is 0 Å². The van der Waals surface area contributed by atoms with E-state index >= 15 is 0 Å². The fourth-order valence-corrected chi connectivity index (χ4v) is 2.57. The number of carboxylic acid groups (broad SMARTS) is 1. The van der Waals surface area contributed by atoms with Gasteiger partial charge < -0.3 is 5.11 Å². The third-order valence-electron chi connectivity index (χ3n) is 4.96. The normalized spacial score (nSPS) is 17.0. The van der Waals surface area contributed by atoms with Gasteiger partial charge in [0.1, 0.15) is 0 Å². The predicted molar refractivity (Wildman–Crippen MR) is 76.6 cm³/mol. The Morgan fingerprint density at radius 1 is 0.500 bits per heavy atom. The summed E-state index contributed by atoms with van der Waals surface area (Å²) in [7, 11) is 0. The van der Waals surface area contributed by atoms with Gasteiger partial charge >= 0.3 is 65.4 Å². The molecule has 2 nitrogen and oxygen atoms in total. The fourth-order valence-electron chi connectivity index (χ4n) is 2.57. The minimum atomic E-state index is -9.23. The summed E-state index contributed by atoms with van der Waals surface area (Å²) in [6.07, 6.45) is -12.0. The minimum Gasteiger partial charge on any atom is -0.481 e. The van der Waals surface area contributed by atoms with Crippen LogP contribution in [-0.2, 0) is 4.79 Å². The van der Waals surface area contributed by atoms with Crippen LogP contribution in [0, 0.1) is 5.92 Å². The first-order chi connectivity index (χ1) is 16.1. The molecule has 0 aliphatic carbocycles. The molecule has 0 heterocycles. The van der Waals surface area contributed by atoms with Crippen molar-refractivity contribution < 1.29 is 102 Å². The van der Waals surface area contributed by atoms with Crippen LogP contribution in [-0.4, -0.2) is 70.6 Å². The van der Waals surface area contributed by atoms with Crippen LogP contribution in [0.5, 0.6) is 0 Å². The van der Waals surface area contributed by atoms with E-state index in [0.717, 1.165) is 0 Å². The van der Waals surface area contributed by atoms with Crippen molar-refractivity contribution in [3.8, 4) is 0 Å². The van der Waals surface area contributed by atoms with Crippen LogP contribution in [0.4, 0.5) is 92.2 Å². The molecule has 0 aliphatic heterocycles. The zero-order valence-electron chi connectivity index (χ0n) is 17.3. The molecule has 23 heteroatoms. The average molecular weight is 620 g/mol. The number of hydrogen-bond acceptors (Lipinski definition) is 1. The number of rotatable bonds is 12. The van der Waals surface area contributed by atoms with Crippen molar-refractivity contribution in [3.63, 3.8) is 0 Å². The molecular formula is C15H9F21O2. The molecule has 0 spiro atoms. The summed E-state index contributed by atoms with van der Waals surface area (Å²) in [6.45, 7) is 0.292. The van der Waals surface area contributed by atoms with Gasteiger partial charge in [0, 0.05) is 5.92 Å². The van der Waals surface area contributed by atoms with E-state index in [0.29, 0.717) is 6.92 Å². The van der Waals surface area contributed by atoms with Crippen molar-refractivity contribution in [2.75, 3.05) is 0 Å². The molecule has 0 radical (unpaired) electrons. The van der Waals surface area contributed by atoms with Gasteiger partial charge in [0.05, 0.1) is 6.42 Å². The summed E-state index contributed by atoms with van der Waals surface area (Å²) in [6, 6.07) is 0. The van der Waals surface area contributed by atoms with Crippen LogP contribution < -0.4 is 0 Å². The Bertz CT molecular complexity index is 870. The van der Waals surface area contributed by atoms with Gasteiger partial charge in [-0.1, -0.05) is 6.92 Å². The summed E-state index contributed by atoms with van der Waals surface area (Å²) in [5, 5.41) is 8.30. The molecule has 0 aromatic carbocycles. The molecule has 0 fully saturated rings. The van der Waals surface area contributed by atoms with Crippen LogP contribution in [0.25, 0.3) is 0 Å². The maximum absolute atomic E-state index is 13.9. The maximum atomic E-state index is 13.9. The Morgan fingerprint density at radius 2 is 0.737 bits per heavy atom. The molecule has 0 aliphatic rings. The third kappa shape index (κ3) is 4.47. The minimum absolute atomic E-state index is 0.292. The molecule has 0 saturated carbocycles. The lowest BCUT2D eigenvalue weighted by atomic mass is 9.82. The first-order valence-electron chi connectivity index (χ1n) is 8.81. The van der Waals surface area contributed by atoms with E-state index in [1.54, 1.807) is 0 Å². The highest BCUT2D eigenvalue weighted by Crippen LogP contribution is 2.66. The topological polar surface area (TPSA) is 37.3 Å². The van der Waals surface area contributed by atoms with Crippen LogP contribution in [0.3, 0.4) is 0 Å². The van der Waals surface area contributed by atoms with Gasteiger partial charge in [0.15, 0.2) is 0 Å². The third-order valence-corrected chi connectivity index (χ3v) is 4.96. The standard InChI is InChI=1S/C15H9F21O2/c1-2-4(3-5(37)38)6(16,17)7(18,19)8(20,21)9(22,23)10(24,25)11(26,27)12(28,29)13(30,31)14(32,33)15(34,35)36/h4H,2-3H2,1H3,(H,37,38). The Hall–Kier alpha value is -2.00. The second kappa shape index (κ2) is 9.29. The summed E-state index contributed by atoms with van der Waals surface area (Å²) < 4.78 is 279. The Labute approximate surface area is 194 Å². The zero-order chi connectivity index (χ0) is 31.6. The number of alkyl halides is 21. The van der Waals surface area contributed by atoms with Gasteiger partial charge in [-0.05, 0) is 6.42 Å². The smallest absolute Gasteiger partial charge is 0.460 e. The Morgan fingerprint density at radius 3 is 0.947 bits per heavy atom. The first-order valence-corrected chi connectivity index (χ1v) is 8.81. The molecule has 0 saturated heterocycles. The van der Waals surface area contributed by atoms with E-state index in [9.17, 15) is 97.0 Å².